The molecule has 2 aliphatic rings. The minimum atomic E-state index is -0.0892. The van der Waals surface area contributed by atoms with Crippen molar-refractivity contribution in [1.82, 2.24) is 15.5 Å². The Morgan fingerprint density at radius 1 is 1.15 bits per heavy atom. The van der Waals surface area contributed by atoms with Crippen LogP contribution in [0.25, 0.3) is 0 Å². The monoisotopic (exact) mass is 480 g/mol. The minimum absolute atomic E-state index is 0. The summed E-state index contributed by atoms with van der Waals surface area (Å²) in [6.45, 7) is 4.39. The molecule has 0 aromatic carbocycles. The average Bonchev–Trinajstić information content (AvgIpc) is 3.12. The van der Waals surface area contributed by atoms with Gasteiger partial charge in [-0.3, -0.25) is 14.6 Å². The van der Waals surface area contributed by atoms with E-state index in [1.807, 2.05) is 6.92 Å². The van der Waals surface area contributed by atoms with E-state index in [4.69, 9.17) is 4.74 Å². The number of nitrogens with zero attached hydrogens (tertiary/aromatic N) is 2. The molecular formula is C18H33IN4O3. The Labute approximate surface area is 173 Å². The number of aliphatic imine (C=N–C) groups is 1. The van der Waals surface area contributed by atoms with E-state index in [-0.39, 0.29) is 41.8 Å². The zero-order chi connectivity index (χ0) is 18.1. The molecule has 0 aromatic rings. The van der Waals surface area contributed by atoms with Crippen LogP contribution in [0.15, 0.2) is 4.99 Å². The normalized spacial score (nSPS) is 19.0. The molecule has 2 fully saturated rings. The molecule has 0 unspecified atom stereocenters. The van der Waals surface area contributed by atoms with Crippen molar-refractivity contribution in [1.29, 1.82) is 0 Å². The van der Waals surface area contributed by atoms with Gasteiger partial charge in [-0.2, -0.15) is 0 Å². The smallest absolute Gasteiger partial charge is 0.309 e. The van der Waals surface area contributed by atoms with Crippen LogP contribution >= 0.6 is 24.0 Å². The summed E-state index contributed by atoms with van der Waals surface area (Å²) in [5.74, 6) is 0.812. The molecule has 26 heavy (non-hydrogen) atoms. The maximum atomic E-state index is 12.0. The zero-order valence-corrected chi connectivity index (χ0v) is 18.3. The number of piperidine rings is 1. The molecule has 8 heteroatoms. The number of halogens is 1. The third kappa shape index (κ3) is 7.28. The predicted octanol–water partition coefficient (Wildman–Crippen LogP) is 1.90. The summed E-state index contributed by atoms with van der Waals surface area (Å²) in [4.78, 5) is 30.2. The fraction of sp³-hybridized carbons (Fsp3) is 0.833. The number of ether oxygens (including phenoxy) is 1. The lowest BCUT2D eigenvalue weighted by molar-refractivity contribution is -0.149. The van der Waals surface area contributed by atoms with Crippen molar-refractivity contribution in [3.63, 3.8) is 0 Å². The van der Waals surface area contributed by atoms with E-state index in [2.05, 4.69) is 20.5 Å². The van der Waals surface area contributed by atoms with Crippen molar-refractivity contribution in [3.8, 4) is 0 Å². The Morgan fingerprint density at radius 3 is 2.38 bits per heavy atom. The van der Waals surface area contributed by atoms with Crippen LogP contribution in [0.4, 0.5) is 0 Å². The standard InChI is InChI=1S/C18H32N4O3.HI/c1-3-25-17(24)14-9-12-22(13-10-14)18(19-2)20-11-8-16(23)21-15-6-4-5-7-15;/h14-15H,3-13H2,1-2H3,(H,19,20)(H,21,23);1H. The maximum absolute atomic E-state index is 12.0. The van der Waals surface area contributed by atoms with Crippen LogP contribution in [0.2, 0.25) is 0 Å². The van der Waals surface area contributed by atoms with Crippen LogP contribution in [0, 0.1) is 5.92 Å². The topological polar surface area (TPSA) is 83.0 Å². The molecule has 1 aliphatic heterocycles. The molecule has 1 heterocycles. The van der Waals surface area contributed by atoms with Gasteiger partial charge in [0.15, 0.2) is 5.96 Å². The molecule has 0 radical (unpaired) electrons. The first kappa shape index (κ1) is 23.0. The zero-order valence-electron chi connectivity index (χ0n) is 16.0. The van der Waals surface area contributed by atoms with Gasteiger partial charge in [-0.05, 0) is 32.6 Å². The third-order valence-electron chi connectivity index (χ3n) is 4.98. The first-order valence-corrected chi connectivity index (χ1v) is 9.55. The molecule has 1 saturated carbocycles. The van der Waals surface area contributed by atoms with Crippen molar-refractivity contribution in [2.75, 3.05) is 33.3 Å². The van der Waals surface area contributed by atoms with Crippen molar-refractivity contribution in [2.24, 2.45) is 10.9 Å². The molecule has 2 rings (SSSR count). The molecule has 0 aromatic heterocycles. The Kier molecular flexibility index (Phi) is 10.9. The van der Waals surface area contributed by atoms with Crippen LogP contribution in [0.1, 0.15) is 51.9 Å². The molecule has 2 N–H and O–H groups in total. The molecule has 1 aliphatic carbocycles. The number of carbonyl (C=O) groups excluding carboxylic acids is 2. The molecule has 0 bridgehead atoms. The van der Waals surface area contributed by atoms with Crippen LogP contribution in [-0.2, 0) is 14.3 Å². The maximum Gasteiger partial charge on any atom is 0.309 e. The van der Waals surface area contributed by atoms with Crippen molar-refractivity contribution in [3.05, 3.63) is 0 Å². The highest BCUT2D eigenvalue weighted by Gasteiger charge is 2.27. The SMILES string of the molecule is CCOC(=O)C1CCN(C(=NC)NCCC(=O)NC2CCCC2)CC1.I. The largest absolute Gasteiger partial charge is 0.466 e. The highest BCUT2D eigenvalue weighted by atomic mass is 127. The summed E-state index contributed by atoms with van der Waals surface area (Å²) in [6.07, 6.45) is 6.67. The number of hydrogen-bond donors (Lipinski definition) is 2. The fourth-order valence-electron chi connectivity index (χ4n) is 3.58. The molecule has 7 nitrogen and oxygen atoms in total. The van der Waals surface area contributed by atoms with Gasteiger partial charge in [0.05, 0.1) is 12.5 Å². The van der Waals surface area contributed by atoms with Gasteiger partial charge in [0.25, 0.3) is 0 Å². The number of hydrogen-bond acceptors (Lipinski definition) is 4. The predicted molar refractivity (Wildman–Crippen MR) is 113 cm³/mol. The Morgan fingerprint density at radius 2 is 1.81 bits per heavy atom. The first-order valence-electron chi connectivity index (χ1n) is 9.55. The van der Waals surface area contributed by atoms with Crippen molar-refractivity contribution in [2.45, 2.75) is 57.9 Å². The molecule has 1 amide bonds. The average molecular weight is 480 g/mol. The number of guanidine groups is 1. The number of rotatable bonds is 6. The lowest BCUT2D eigenvalue weighted by Gasteiger charge is -2.33. The van der Waals surface area contributed by atoms with Gasteiger partial charge in [-0.1, -0.05) is 12.8 Å². The van der Waals surface area contributed by atoms with E-state index in [0.29, 0.717) is 25.6 Å². The fourth-order valence-corrected chi connectivity index (χ4v) is 3.58. The summed E-state index contributed by atoms with van der Waals surface area (Å²) >= 11 is 0. The molecule has 150 valence electrons. The number of carbonyl (C=O) groups is 2. The van der Waals surface area contributed by atoms with Gasteiger partial charge in [0.1, 0.15) is 0 Å². The number of nitrogens with one attached hydrogen (secondary N) is 2. The van der Waals surface area contributed by atoms with Crippen LogP contribution in [0.5, 0.6) is 0 Å². The quantitative estimate of drug-likeness (QED) is 0.263. The van der Waals surface area contributed by atoms with Crippen LogP contribution in [-0.4, -0.2) is 62.1 Å². The summed E-state index contributed by atoms with van der Waals surface area (Å²) in [7, 11) is 1.75. The molecule has 0 atom stereocenters. The van der Waals surface area contributed by atoms with Crippen LogP contribution in [0.3, 0.4) is 0 Å². The van der Waals surface area contributed by atoms with Crippen LogP contribution < -0.4 is 10.6 Å². The molecule has 0 spiro atoms. The number of esters is 1. The number of likely N-dealkylation sites (tertiary alicyclic amines) is 1. The van der Waals surface area contributed by atoms with E-state index in [1.54, 1.807) is 7.05 Å². The van der Waals surface area contributed by atoms with Crippen molar-refractivity contribution < 1.29 is 14.3 Å². The highest BCUT2D eigenvalue weighted by Crippen LogP contribution is 2.19. The summed E-state index contributed by atoms with van der Waals surface area (Å²) in [5, 5.41) is 6.36. The molecular weight excluding hydrogens is 447 g/mol. The third-order valence-corrected chi connectivity index (χ3v) is 4.98. The van der Waals surface area contributed by atoms with E-state index in [0.717, 1.165) is 44.7 Å². The van der Waals surface area contributed by atoms with Gasteiger partial charge < -0.3 is 20.3 Å². The second kappa shape index (κ2) is 12.3. The lowest BCUT2D eigenvalue weighted by atomic mass is 9.97. The Bertz CT molecular complexity index is 473. The Balaban J connectivity index is 0.00000338. The first-order chi connectivity index (χ1) is 12.1. The van der Waals surface area contributed by atoms with E-state index < -0.39 is 0 Å². The van der Waals surface area contributed by atoms with Gasteiger partial charge in [-0.25, -0.2) is 0 Å². The second-order valence-corrected chi connectivity index (χ2v) is 6.79. The van der Waals surface area contributed by atoms with Gasteiger partial charge in [0, 0.05) is 39.1 Å². The highest BCUT2D eigenvalue weighted by molar-refractivity contribution is 14.0. The summed E-state index contributed by atoms with van der Waals surface area (Å²) in [6, 6.07) is 0.369. The number of amides is 1. The van der Waals surface area contributed by atoms with Gasteiger partial charge in [-0.15, -0.1) is 24.0 Å². The van der Waals surface area contributed by atoms with Crippen molar-refractivity contribution >= 4 is 41.8 Å². The van der Waals surface area contributed by atoms with E-state index >= 15 is 0 Å². The second-order valence-electron chi connectivity index (χ2n) is 6.79. The van der Waals surface area contributed by atoms with Gasteiger partial charge in [0.2, 0.25) is 5.91 Å². The molecule has 1 saturated heterocycles. The summed E-state index contributed by atoms with van der Waals surface area (Å²) < 4.78 is 5.10. The lowest BCUT2D eigenvalue weighted by Crippen LogP contribution is -2.47. The Hall–Kier alpha value is -1.06. The minimum Gasteiger partial charge on any atom is -0.466 e. The van der Waals surface area contributed by atoms with E-state index in [9.17, 15) is 9.59 Å². The van der Waals surface area contributed by atoms with Gasteiger partial charge >= 0.3 is 5.97 Å². The van der Waals surface area contributed by atoms with E-state index in [1.165, 1.54) is 12.8 Å². The summed E-state index contributed by atoms with van der Waals surface area (Å²) in [5.41, 5.74) is 0.